The van der Waals surface area contributed by atoms with Crippen molar-refractivity contribution in [2.24, 2.45) is 0 Å². The summed E-state index contributed by atoms with van der Waals surface area (Å²) in [6.07, 6.45) is 3.65. The lowest BCUT2D eigenvalue weighted by atomic mass is 9.96. The maximum atomic E-state index is 10.6. The summed E-state index contributed by atoms with van der Waals surface area (Å²) in [4.78, 5) is 4.17. The van der Waals surface area contributed by atoms with Crippen LogP contribution in [0.2, 0.25) is 0 Å². The van der Waals surface area contributed by atoms with E-state index in [1.807, 2.05) is 49.5 Å². The molecule has 3 nitrogen and oxygen atoms in total. The zero-order valence-electron chi connectivity index (χ0n) is 13.8. The Labute approximate surface area is 143 Å². The van der Waals surface area contributed by atoms with E-state index in [0.29, 0.717) is 13.1 Å². The minimum absolute atomic E-state index is 0.494. The van der Waals surface area contributed by atoms with Crippen molar-refractivity contribution in [3.8, 4) is 11.1 Å². The molecule has 0 amide bonds. The highest BCUT2D eigenvalue weighted by Gasteiger charge is 2.21. The van der Waals surface area contributed by atoms with Crippen LogP contribution >= 0.6 is 0 Å². The number of pyridine rings is 1. The highest BCUT2D eigenvalue weighted by molar-refractivity contribution is 5.62. The zero-order chi connectivity index (χ0) is 16.8. The molecular formula is C21H22N2O. The Kier molecular flexibility index (Phi) is 5.04. The quantitative estimate of drug-likeness (QED) is 0.727. The molecule has 1 atom stereocenters. The second-order valence-corrected chi connectivity index (χ2v) is 6.19. The Bertz CT molecular complexity index is 770. The molecule has 24 heavy (non-hydrogen) atoms. The van der Waals surface area contributed by atoms with Crippen molar-refractivity contribution in [1.29, 1.82) is 0 Å². The Morgan fingerprint density at radius 2 is 1.75 bits per heavy atom. The number of rotatable bonds is 6. The van der Waals surface area contributed by atoms with Crippen molar-refractivity contribution in [1.82, 2.24) is 10.3 Å². The second kappa shape index (κ2) is 7.39. The van der Waals surface area contributed by atoms with E-state index in [0.717, 1.165) is 16.7 Å². The highest BCUT2D eigenvalue weighted by atomic mass is 16.3. The van der Waals surface area contributed by atoms with Gasteiger partial charge in [-0.1, -0.05) is 54.6 Å². The van der Waals surface area contributed by atoms with Crippen LogP contribution < -0.4 is 5.32 Å². The number of benzene rings is 2. The molecule has 0 aliphatic heterocycles. The van der Waals surface area contributed by atoms with E-state index in [9.17, 15) is 5.11 Å². The van der Waals surface area contributed by atoms with E-state index < -0.39 is 5.60 Å². The average Bonchev–Trinajstić information content (AvgIpc) is 2.63. The number of hydrogen-bond donors (Lipinski definition) is 2. The van der Waals surface area contributed by atoms with Crippen molar-refractivity contribution >= 4 is 0 Å². The first-order valence-electron chi connectivity index (χ1n) is 8.13. The normalized spacial score (nSPS) is 13.4. The second-order valence-electron chi connectivity index (χ2n) is 6.19. The van der Waals surface area contributed by atoms with Gasteiger partial charge in [-0.3, -0.25) is 4.98 Å². The highest BCUT2D eigenvalue weighted by Crippen LogP contribution is 2.21. The standard InChI is InChI=1S/C21H22N2O/c1-21(24,20-10-3-2-4-11-20)16-23-14-17-7-5-8-18(13-17)19-9-6-12-22-15-19/h2-13,15,23-24H,14,16H2,1H3. The lowest BCUT2D eigenvalue weighted by molar-refractivity contribution is 0.0567. The summed E-state index contributed by atoms with van der Waals surface area (Å²) in [7, 11) is 0. The number of aromatic nitrogens is 1. The summed E-state index contributed by atoms with van der Waals surface area (Å²) >= 11 is 0. The van der Waals surface area contributed by atoms with Gasteiger partial charge in [0.2, 0.25) is 0 Å². The Morgan fingerprint density at radius 1 is 0.958 bits per heavy atom. The molecule has 0 aliphatic carbocycles. The smallest absolute Gasteiger partial charge is 0.0992 e. The van der Waals surface area contributed by atoms with Crippen LogP contribution in [0.4, 0.5) is 0 Å². The first-order valence-corrected chi connectivity index (χ1v) is 8.13. The molecule has 2 N–H and O–H groups in total. The summed E-state index contributed by atoms with van der Waals surface area (Å²) in [6, 6.07) is 22.1. The van der Waals surface area contributed by atoms with Gasteiger partial charge >= 0.3 is 0 Å². The predicted molar refractivity (Wildman–Crippen MR) is 97.4 cm³/mol. The van der Waals surface area contributed by atoms with Crippen LogP contribution in [0.1, 0.15) is 18.1 Å². The van der Waals surface area contributed by atoms with E-state index in [-0.39, 0.29) is 0 Å². The van der Waals surface area contributed by atoms with Crippen LogP contribution in [0.25, 0.3) is 11.1 Å². The summed E-state index contributed by atoms with van der Waals surface area (Å²) in [6.45, 7) is 3.03. The molecule has 0 fully saturated rings. The van der Waals surface area contributed by atoms with Gasteiger partial charge in [0.05, 0.1) is 5.60 Å². The summed E-state index contributed by atoms with van der Waals surface area (Å²) in [5, 5.41) is 14.0. The Balaban J connectivity index is 1.63. The maximum Gasteiger partial charge on any atom is 0.0992 e. The van der Waals surface area contributed by atoms with Gasteiger partial charge in [-0.2, -0.15) is 0 Å². The lowest BCUT2D eigenvalue weighted by Gasteiger charge is -2.24. The van der Waals surface area contributed by atoms with Gasteiger partial charge in [-0.15, -0.1) is 0 Å². The fraction of sp³-hybridized carbons (Fsp3) is 0.190. The van der Waals surface area contributed by atoms with Crippen LogP contribution in [0.3, 0.4) is 0 Å². The summed E-state index contributed by atoms with van der Waals surface area (Å²) in [5.41, 5.74) is 3.47. The van der Waals surface area contributed by atoms with E-state index in [1.165, 1.54) is 5.56 Å². The fourth-order valence-corrected chi connectivity index (χ4v) is 2.74. The van der Waals surface area contributed by atoms with Crippen molar-refractivity contribution in [3.63, 3.8) is 0 Å². The molecule has 1 heterocycles. The van der Waals surface area contributed by atoms with Gasteiger partial charge in [-0.05, 0) is 41.3 Å². The molecule has 0 saturated carbocycles. The summed E-state index contributed by atoms with van der Waals surface area (Å²) < 4.78 is 0. The van der Waals surface area contributed by atoms with E-state index in [4.69, 9.17) is 0 Å². The third-order valence-corrected chi connectivity index (χ3v) is 4.12. The molecule has 2 aromatic carbocycles. The van der Waals surface area contributed by atoms with Crippen molar-refractivity contribution in [2.45, 2.75) is 19.1 Å². The van der Waals surface area contributed by atoms with Crippen molar-refractivity contribution < 1.29 is 5.11 Å². The van der Waals surface area contributed by atoms with Crippen LogP contribution in [-0.4, -0.2) is 16.6 Å². The molecular weight excluding hydrogens is 296 g/mol. The first-order chi connectivity index (χ1) is 11.6. The maximum absolute atomic E-state index is 10.6. The zero-order valence-corrected chi connectivity index (χ0v) is 13.8. The molecule has 0 saturated heterocycles. The SMILES string of the molecule is CC(O)(CNCc1cccc(-c2cccnc2)c1)c1ccccc1. The van der Waals surface area contributed by atoms with Gasteiger partial charge < -0.3 is 10.4 Å². The van der Waals surface area contributed by atoms with Crippen molar-refractivity contribution in [2.75, 3.05) is 6.54 Å². The number of hydrogen-bond acceptors (Lipinski definition) is 3. The molecule has 1 aromatic heterocycles. The molecule has 3 rings (SSSR count). The molecule has 0 spiro atoms. The molecule has 3 aromatic rings. The van der Waals surface area contributed by atoms with Gasteiger partial charge in [0.15, 0.2) is 0 Å². The van der Waals surface area contributed by atoms with Gasteiger partial charge in [0.25, 0.3) is 0 Å². The average molecular weight is 318 g/mol. The van der Waals surface area contributed by atoms with Crippen molar-refractivity contribution in [3.05, 3.63) is 90.3 Å². The number of nitrogens with one attached hydrogen (secondary N) is 1. The predicted octanol–water partition coefficient (Wildman–Crippen LogP) is 3.75. The third-order valence-electron chi connectivity index (χ3n) is 4.12. The number of aliphatic hydroxyl groups is 1. The van der Waals surface area contributed by atoms with Crippen LogP contribution in [0.15, 0.2) is 79.1 Å². The molecule has 0 bridgehead atoms. The third kappa shape index (κ3) is 4.07. The van der Waals surface area contributed by atoms with Gasteiger partial charge in [0, 0.05) is 25.5 Å². The fourth-order valence-electron chi connectivity index (χ4n) is 2.74. The van der Waals surface area contributed by atoms with Gasteiger partial charge in [0.1, 0.15) is 0 Å². The lowest BCUT2D eigenvalue weighted by Crippen LogP contribution is -2.35. The van der Waals surface area contributed by atoms with Crippen LogP contribution in [0, 0.1) is 0 Å². The molecule has 0 radical (unpaired) electrons. The Morgan fingerprint density at radius 3 is 2.50 bits per heavy atom. The van der Waals surface area contributed by atoms with Gasteiger partial charge in [-0.25, -0.2) is 0 Å². The first kappa shape index (κ1) is 16.4. The largest absolute Gasteiger partial charge is 0.384 e. The molecule has 0 aliphatic rings. The molecule has 3 heteroatoms. The van der Waals surface area contributed by atoms with Crippen LogP contribution in [-0.2, 0) is 12.1 Å². The number of nitrogens with zero attached hydrogens (tertiary/aromatic N) is 1. The van der Waals surface area contributed by atoms with Crippen LogP contribution in [0.5, 0.6) is 0 Å². The minimum atomic E-state index is -0.887. The molecule has 1 unspecified atom stereocenters. The topological polar surface area (TPSA) is 45.1 Å². The van der Waals surface area contributed by atoms with E-state index in [1.54, 1.807) is 6.20 Å². The molecule has 122 valence electrons. The minimum Gasteiger partial charge on any atom is -0.384 e. The van der Waals surface area contributed by atoms with E-state index >= 15 is 0 Å². The Hall–Kier alpha value is -2.49. The monoisotopic (exact) mass is 318 g/mol. The summed E-state index contributed by atoms with van der Waals surface area (Å²) in [5.74, 6) is 0. The van der Waals surface area contributed by atoms with E-state index in [2.05, 4.69) is 40.6 Å².